The van der Waals surface area contributed by atoms with Crippen LogP contribution in [0.25, 0.3) is 10.6 Å². The second-order valence-electron chi connectivity index (χ2n) is 4.60. The minimum absolute atomic E-state index is 0. The summed E-state index contributed by atoms with van der Waals surface area (Å²) in [7, 11) is 0. The summed E-state index contributed by atoms with van der Waals surface area (Å²) in [5.41, 5.74) is 0. The predicted octanol–water partition coefficient (Wildman–Crippen LogP) is 0.0723. The van der Waals surface area contributed by atoms with Crippen LogP contribution < -0.4 is 10.2 Å². The molecule has 0 saturated carbocycles. The van der Waals surface area contributed by atoms with E-state index in [1.165, 1.54) is 0 Å². The molecule has 4 rings (SSSR count). The number of tetrazole rings is 2. The van der Waals surface area contributed by atoms with Crippen molar-refractivity contribution >= 4 is 0 Å². The molecular weight excluding hydrogens is 367 g/mol. The van der Waals surface area contributed by atoms with Crippen molar-refractivity contribution in [2.45, 2.75) is 37.8 Å². The molecule has 0 amide bonds. The molecular formula is C10H14N10Pd-2. The number of rotatable bonds is 2. The van der Waals surface area contributed by atoms with Crippen LogP contribution in [0.4, 0.5) is 0 Å². The van der Waals surface area contributed by atoms with Crippen LogP contribution in [0.15, 0.2) is 0 Å². The average molecular weight is 381 g/mol. The van der Waals surface area contributed by atoms with Gasteiger partial charge in [-0.2, -0.15) is 10.4 Å². The van der Waals surface area contributed by atoms with E-state index in [4.69, 9.17) is 0 Å². The van der Waals surface area contributed by atoms with Crippen molar-refractivity contribution < 1.29 is 20.4 Å². The molecule has 2 aromatic rings. The summed E-state index contributed by atoms with van der Waals surface area (Å²) in [6, 6.07) is 0.352. The van der Waals surface area contributed by atoms with Gasteiger partial charge < -0.3 is 20.8 Å². The van der Waals surface area contributed by atoms with Gasteiger partial charge in [0, 0.05) is 0 Å². The van der Waals surface area contributed by atoms with Crippen LogP contribution in [0.5, 0.6) is 0 Å². The molecule has 0 bridgehead atoms. The van der Waals surface area contributed by atoms with Gasteiger partial charge in [-0.15, -0.1) is 25.2 Å². The van der Waals surface area contributed by atoms with Crippen LogP contribution in [0.3, 0.4) is 0 Å². The summed E-state index contributed by atoms with van der Waals surface area (Å²) in [5.74, 6) is 1.36. The Kier molecular flexibility index (Phi) is 6.31. The fraction of sp³-hybridized carbons (Fsp3) is 0.800. The van der Waals surface area contributed by atoms with Crippen LogP contribution in [-0.2, 0) is 20.4 Å². The Bertz CT molecular complexity index is 428. The molecule has 2 fully saturated rings. The summed E-state index contributed by atoms with van der Waals surface area (Å²) in [6.07, 6.45) is 4.37. The molecule has 0 N–H and O–H groups in total. The summed E-state index contributed by atoms with van der Waals surface area (Å²) in [5, 5.41) is 37.1. The smallest absolute Gasteiger partial charge is 0.655 e. The average Bonchev–Trinajstić information content (AvgIpc) is 3.29. The van der Waals surface area contributed by atoms with Gasteiger partial charge in [0.2, 0.25) is 0 Å². The predicted molar refractivity (Wildman–Crippen MR) is 66.7 cm³/mol. The first-order chi connectivity index (χ1) is 9.93. The molecule has 11 heteroatoms. The van der Waals surface area contributed by atoms with Gasteiger partial charge in [0.1, 0.15) is 0 Å². The van der Waals surface area contributed by atoms with Crippen molar-refractivity contribution in [1.82, 2.24) is 41.2 Å². The molecule has 2 aliphatic heterocycles. The molecule has 0 radical (unpaired) electrons. The van der Waals surface area contributed by atoms with E-state index >= 15 is 0 Å². The Morgan fingerprint density at radius 1 is 0.762 bits per heavy atom. The molecule has 2 atom stereocenters. The van der Waals surface area contributed by atoms with E-state index in [-0.39, 0.29) is 32.5 Å². The quantitative estimate of drug-likeness (QED) is 0.668. The van der Waals surface area contributed by atoms with Crippen molar-refractivity contribution in [1.29, 1.82) is 0 Å². The van der Waals surface area contributed by atoms with Gasteiger partial charge >= 0.3 is 20.4 Å². The summed E-state index contributed by atoms with van der Waals surface area (Å²) < 4.78 is 0. The van der Waals surface area contributed by atoms with E-state index in [0.717, 1.165) is 38.8 Å². The van der Waals surface area contributed by atoms with Gasteiger partial charge in [0.05, 0.1) is 0 Å². The molecule has 0 aromatic carbocycles. The van der Waals surface area contributed by atoms with E-state index in [0.29, 0.717) is 11.6 Å². The minimum atomic E-state index is 0. The third-order valence-corrected chi connectivity index (χ3v) is 3.24. The SMILES string of the molecule is C1C[N-][C@@H](c2nnn[n-]2)C1.C1C[N-][C@@H](c2nnn[n-]2)C1.[Pd+2]. The first kappa shape index (κ1) is 16.1. The van der Waals surface area contributed by atoms with Crippen LogP contribution >= 0.6 is 0 Å². The van der Waals surface area contributed by atoms with Crippen molar-refractivity contribution in [2.75, 3.05) is 13.1 Å². The number of nitrogens with zero attached hydrogens (tertiary/aromatic N) is 10. The largest absolute Gasteiger partial charge is 2.00 e. The maximum absolute atomic E-state index is 4.27. The van der Waals surface area contributed by atoms with Crippen LogP contribution in [0.2, 0.25) is 0 Å². The molecule has 10 nitrogen and oxygen atoms in total. The van der Waals surface area contributed by atoms with Gasteiger partial charge in [-0.25, -0.2) is 0 Å². The third-order valence-electron chi connectivity index (χ3n) is 3.24. The maximum atomic E-state index is 4.27. The first-order valence-electron chi connectivity index (χ1n) is 6.64. The van der Waals surface area contributed by atoms with Crippen molar-refractivity contribution in [3.05, 3.63) is 22.3 Å². The fourth-order valence-corrected chi connectivity index (χ4v) is 2.24. The van der Waals surface area contributed by atoms with Crippen molar-refractivity contribution in [3.63, 3.8) is 0 Å². The van der Waals surface area contributed by atoms with E-state index in [2.05, 4.69) is 51.9 Å². The van der Waals surface area contributed by atoms with Gasteiger partial charge in [-0.1, -0.05) is 25.7 Å². The van der Waals surface area contributed by atoms with Gasteiger partial charge in [0.15, 0.2) is 0 Å². The van der Waals surface area contributed by atoms with Crippen LogP contribution in [0.1, 0.15) is 49.4 Å². The Balaban J connectivity index is 0.000000147. The Morgan fingerprint density at radius 2 is 1.24 bits per heavy atom. The molecule has 21 heavy (non-hydrogen) atoms. The van der Waals surface area contributed by atoms with Crippen molar-refractivity contribution in [2.24, 2.45) is 0 Å². The number of aromatic nitrogens is 8. The fourth-order valence-electron chi connectivity index (χ4n) is 2.24. The van der Waals surface area contributed by atoms with E-state index in [9.17, 15) is 0 Å². The zero-order valence-corrected chi connectivity index (χ0v) is 12.7. The maximum Gasteiger partial charge on any atom is 2.00 e. The van der Waals surface area contributed by atoms with E-state index in [1.807, 2.05) is 0 Å². The van der Waals surface area contributed by atoms with E-state index in [1.54, 1.807) is 0 Å². The normalized spacial score (nSPS) is 24.2. The van der Waals surface area contributed by atoms with Gasteiger partial charge in [-0.3, -0.25) is 20.6 Å². The molecule has 2 saturated heterocycles. The Labute approximate surface area is 135 Å². The summed E-state index contributed by atoms with van der Waals surface area (Å²) in [4.78, 5) is 0. The van der Waals surface area contributed by atoms with Crippen LogP contribution in [-0.4, -0.2) is 44.1 Å². The Hall–Kier alpha value is -1.28. The van der Waals surface area contributed by atoms with Crippen molar-refractivity contribution in [3.8, 4) is 0 Å². The first-order valence-corrected chi connectivity index (χ1v) is 6.64. The number of hydrogen-bond acceptors (Lipinski definition) is 6. The molecule has 0 spiro atoms. The van der Waals surface area contributed by atoms with E-state index < -0.39 is 0 Å². The molecule has 4 heterocycles. The summed E-state index contributed by atoms with van der Waals surface area (Å²) in [6.45, 7) is 1.86. The molecule has 0 aliphatic carbocycles. The van der Waals surface area contributed by atoms with Crippen LogP contribution in [0, 0.1) is 0 Å². The van der Waals surface area contributed by atoms with Gasteiger partial charge in [-0.05, 0) is 11.6 Å². The second-order valence-corrected chi connectivity index (χ2v) is 4.60. The standard InChI is InChI=1S/2C5H7N5.Pd/c2*1-2-4(6-3-1)5-7-9-10-8-5;/h2*4H,1-3H2;/q2*-2;+2/t2*4-;/m11./s1. The monoisotopic (exact) mass is 380 g/mol. The topological polar surface area (TPSA) is 134 Å². The molecule has 116 valence electrons. The van der Waals surface area contributed by atoms with Gasteiger partial charge in [0.25, 0.3) is 0 Å². The molecule has 2 aromatic heterocycles. The summed E-state index contributed by atoms with van der Waals surface area (Å²) >= 11 is 0. The Morgan fingerprint density at radius 3 is 1.52 bits per heavy atom. The number of hydrogen-bond donors (Lipinski definition) is 0. The second kappa shape index (κ2) is 8.23. The third kappa shape index (κ3) is 4.34. The molecule has 0 unspecified atom stereocenters. The zero-order chi connectivity index (χ0) is 13.6. The molecule has 2 aliphatic rings. The minimum Gasteiger partial charge on any atom is -0.655 e. The zero-order valence-electron chi connectivity index (χ0n) is 11.2.